The van der Waals surface area contributed by atoms with Crippen molar-refractivity contribution in [3.63, 3.8) is 0 Å². The van der Waals surface area contributed by atoms with Gasteiger partial charge >= 0.3 is 0 Å². The second-order valence-corrected chi connectivity index (χ2v) is 7.13. The Morgan fingerprint density at radius 2 is 1.92 bits per heavy atom. The Labute approximate surface area is 152 Å². The van der Waals surface area contributed by atoms with Crippen LogP contribution in [0, 0.1) is 5.82 Å². The lowest BCUT2D eigenvalue weighted by atomic mass is 10.0. The minimum absolute atomic E-state index is 0.178. The van der Waals surface area contributed by atoms with E-state index in [0.717, 1.165) is 32.8 Å². The van der Waals surface area contributed by atoms with Gasteiger partial charge in [0.2, 0.25) is 0 Å². The molecule has 0 spiro atoms. The second-order valence-electron chi connectivity index (χ2n) is 7.13. The molecule has 0 saturated carbocycles. The molecule has 0 radical (unpaired) electrons. The Morgan fingerprint density at radius 3 is 2.54 bits per heavy atom. The minimum atomic E-state index is -0.332. The Balaban J connectivity index is 1.88. The number of nitrogens with one attached hydrogen (secondary N) is 1. The average molecular weight is 361 g/mol. The van der Waals surface area contributed by atoms with Gasteiger partial charge < -0.3 is 10.1 Å². The molecule has 0 amide bonds. The van der Waals surface area contributed by atoms with Gasteiger partial charge in [0.05, 0.1) is 18.9 Å². The number of hydrogen-bond donors (Lipinski definition) is 1. The van der Waals surface area contributed by atoms with Gasteiger partial charge in [0.1, 0.15) is 5.82 Å². The highest BCUT2D eigenvalue weighted by Crippen LogP contribution is 2.23. The maximum absolute atomic E-state index is 13.2. The molecule has 2 heterocycles. The molecule has 0 unspecified atom stereocenters. The van der Waals surface area contributed by atoms with Gasteiger partial charge in [-0.15, -0.1) is 5.10 Å². The number of aromatic nitrogens is 3. The first-order valence-electron chi connectivity index (χ1n) is 8.66. The lowest BCUT2D eigenvalue weighted by Crippen LogP contribution is -2.48. The summed E-state index contributed by atoms with van der Waals surface area (Å²) in [7, 11) is 0. The highest BCUT2D eigenvalue weighted by molar-refractivity contribution is 5.97. The number of ether oxygens (including phenoxy) is 1. The standard InChI is InChI=1S/C18H24FN5O2/c1-13(25)16-17(20-18(2,3)12-23-8-10-26-11-9-23)24(22-21-16)15-6-4-14(19)5-7-15/h4-7,20H,8-12H2,1-3H3. The number of anilines is 1. The number of benzene rings is 1. The molecule has 7 nitrogen and oxygen atoms in total. The molecule has 1 fully saturated rings. The molecule has 1 aliphatic heterocycles. The smallest absolute Gasteiger partial charge is 0.183 e. The molecule has 3 rings (SSSR count). The number of rotatable bonds is 6. The van der Waals surface area contributed by atoms with Gasteiger partial charge in [0.25, 0.3) is 0 Å². The van der Waals surface area contributed by atoms with Crippen LogP contribution in [0.25, 0.3) is 5.69 Å². The van der Waals surface area contributed by atoms with Gasteiger partial charge in [0, 0.05) is 32.1 Å². The minimum Gasteiger partial charge on any atom is -0.379 e. The van der Waals surface area contributed by atoms with Crippen molar-refractivity contribution in [1.29, 1.82) is 0 Å². The van der Waals surface area contributed by atoms with E-state index in [1.165, 1.54) is 23.7 Å². The summed E-state index contributed by atoms with van der Waals surface area (Å²) >= 11 is 0. The Bertz CT molecular complexity index is 766. The van der Waals surface area contributed by atoms with Crippen LogP contribution < -0.4 is 5.32 Å². The van der Waals surface area contributed by atoms with Crippen molar-refractivity contribution in [2.24, 2.45) is 0 Å². The fourth-order valence-electron chi connectivity index (χ4n) is 3.07. The van der Waals surface area contributed by atoms with Crippen molar-refractivity contribution in [1.82, 2.24) is 19.9 Å². The van der Waals surface area contributed by atoms with E-state index in [0.29, 0.717) is 11.5 Å². The zero-order valence-corrected chi connectivity index (χ0v) is 15.3. The van der Waals surface area contributed by atoms with Crippen molar-refractivity contribution in [3.05, 3.63) is 35.8 Å². The van der Waals surface area contributed by atoms with E-state index in [2.05, 4.69) is 34.4 Å². The second kappa shape index (κ2) is 7.51. The molecule has 0 atom stereocenters. The summed E-state index contributed by atoms with van der Waals surface area (Å²) in [5.74, 6) is 0.00761. The van der Waals surface area contributed by atoms with Crippen LogP contribution in [-0.4, -0.2) is 64.1 Å². The molecular formula is C18H24FN5O2. The summed E-state index contributed by atoms with van der Waals surface area (Å²) in [6.07, 6.45) is 0. The van der Waals surface area contributed by atoms with Crippen LogP contribution in [0.5, 0.6) is 0 Å². The van der Waals surface area contributed by atoms with Crippen molar-refractivity contribution in [2.45, 2.75) is 26.3 Å². The third-order valence-corrected chi connectivity index (χ3v) is 4.25. The van der Waals surface area contributed by atoms with E-state index in [9.17, 15) is 9.18 Å². The van der Waals surface area contributed by atoms with Crippen molar-refractivity contribution < 1.29 is 13.9 Å². The van der Waals surface area contributed by atoms with Crippen molar-refractivity contribution >= 4 is 11.6 Å². The number of nitrogens with zero attached hydrogens (tertiary/aromatic N) is 4. The summed E-state index contributed by atoms with van der Waals surface area (Å²) in [5.41, 5.74) is 0.571. The largest absolute Gasteiger partial charge is 0.379 e. The molecule has 1 aromatic carbocycles. The van der Waals surface area contributed by atoms with Gasteiger partial charge in [-0.05, 0) is 38.1 Å². The fourth-order valence-corrected chi connectivity index (χ4v) is 3.07. The third kappa shape index (κ3) is 4.25. The van der Waals surface area contributed by atoms with E-state index in [-0.39, 0.29) is 22.8 Å². The van der Waals surface area contributed by atoms with E-state index >= 15 is 0 Å². The summed E-state index contributed by atoms with van der Waals surface area (Å²) < 4.78 is 20.2. The highest BCUT2D eigenvalue weighted by atomic mass is 19.1. The molecule has 2 aromatic rings. The quantitative estimate of drug-likeness (QED) is 0.795. The lowest BCUT2D eigenvalue weighted by Gasteiger charge is -2.36. The van der Waals surface area contributed by atoms with Gasteiger partial charge in [-0.1, -0.05) is 5.21 Å². The third-order valence-electron chi connectivity index (χ3n) is 4.25. The first-order valence-corrected chi connectivity index (χ1v) is 8.66. The zero-order valence-electron chi connectivity index (χ0n) is 15.3. The first kappa shape index (κ1) is 18.5. The lowest BCUT2D eigenvalue weighted by molar-refractivity contribution is 0.0317. The van der Waals surface area contributed by atoms with Gasteiger partial charge in [0.15, 0.2) is 17.3 Å². The number of morpholine rings is 1. The number of carbonyl (C=O) groups is 1. The van der Waals surface area contributed by atoms with Gasteiger partial charge in [-0.25, -0.2) is 4.39 Å². The Morgan fingerprint density at radius 1 is 1.27 bits per heavy atom. The summed E-state index contributed by atoms with van der Waals surface area (Å²) in [6.45, 7) is 9.57. The summed E-state index contributed by atoms with van der Waals surface area (Å²) in [5, 5.41) is 11.5. The molecule has 8 heteroatoms. The van der Waals surface area contributed by atoms with Gasteiger partial charge in [-0.2, -0.15) is 4.68 Å². The molecule has 140 valence electrons. The number of ketones is 1. The number of halogens is 1. The fraction of sp³-hybridized carbons (Fsp3) is 0.500. The maximum atomic E-state index is 13.2. The molecule has 0 bridgehead atoms. The molecule has 0 aliphatic carbocycles. The molecule has 1 aromatic heterocycles. The van der Waals surface area contributed by atoms with E-state index in [4.69, 9.17) is 4.74 Å². The van der Waals surface area contributed by atoms with Crippen LogP contribution in [0.2, 0.25) is 0 Å². The monoisotopic (exact) mass is 361 g/mol. The maximum Gasteiger partial charge on any atom is 0.183 e. The number of carbonyl (C=O) groups excluding carboxylic acids is 1. The van der Waals surface area contributed by atoms with Crippen LogP contribution in [0.4, 0.5) is 10.2 Å². The van der Waals surface area contributed by atoms with Crippen molar-refractivity contribution in [3.8, 4) is 5.69 Å². The van der Waals surface area contributed by atoms with Crippen LogP contribution in [0.3, 0.4) is 0 Å². The SMILES string of the molecule is CC(=O)c1nnn(-c2ccc(F)cc2)c1NC(C)(C)CN1CCOCC1. The number of hydrogen-bond acceptors (Lipinski definition) is 6. The highest BCUT2D eigenvalue weighted by Gasteiger charge is 2.27. The molecular weight excluding hydrogens is 337 g/mol. The molecule has 1 aliphatic rings. The van der Waals surface area contributed by atoms with Crippen molar-refractivity contribution in [2.75, 3.05) is 38.2 Å². The summed E-state index contributed by atoms with van der Waals surface area (Å²) in [4.78, 5) is 14.3. The van der Waals surface area contributed by atoms with E-state index < -0.39 is 0 Å². The zero-order chi connectivity index (χ0) is 18.7. The first-order chi connectivity index (χ1) is 12.4. The van der Waals surface area contributed by atoms with Crippen LogP contribution >= 0.6 is 0 Å². The predicted octanol–water partition coefficient (Wildman–Crippen LogP) is 2.13. The van der Waals surface area contributed by atoms with Crippen LogP contribution in [0.1, 0.15) is 31.3 Å². The van der Waals surface area contributed by atoms with Crippen LogP contribution in [0.15, 0.2) is 24.3 Å². The van der Waals surface area contributed by atoms with E-state index in [1.54, 1.807) is 12.1 Å². The van der Waals surface area contributed by atoms with Gasteiger partial charge in [-0.3, -0.25) is 9.69 Å². The molecule has 26 heavy (non-hydrogen) atoms. The summed E-state index contributed by atoms with van der Waals surface area (Å²) in [6, 6.07) is 5.92. The molecule has 1 N–H and O–H groups in total. The Hall–Kier alpha value is -2.32. The Kier molecular flexibility index (Phi) is 5.33. The average Bonchev–Trinajstić information content (AvgIpc) is 2.99. The van der Waals surface area contributed by atoms with Crippen LogP contribution in [-0.2, 0) is 4.74 Å². The predicted molar refractivity (Wildman–Crippen MR) is 96.3 cm³/mol. The normalized spacial score (nSPS) is 15.8. The van der Waals surface area contributed by atoms with E-state index in [1.807, 2.05) is 0 Å². The molecule has 1 saturated heterocycles. The number of Topliss-reactive ketones (excluding diaryl/α,β-unsaturated/α-hetero) is 1. The topological polar surface area (TPSA) is 72.3 Å².